The Morgan fingerprint density at radius 1 is 1.19 bits per heavy atom. The Morgan fingerprint density at radius 3 is 2.63 bits per heavy atom. The highest BCUT2D eigenvalue weighted by atomic mass is 16.5. The van der Waals surface area contributed by atoms with Crippen molar-refractivity contribution in [3.05, 3.63) is 29.3 Å². The van der Waals surface area contributed by atoms with Gasteiger partial charge in [0.1, 0.15) is 11.5 Å². The summed E-state index contributed by atoms with van der Waals surface area (Å²) in [6, 6.07) is 5.52. The van der Waals surface area contributed by atoms with E-state index in [1.165, 1.54) is 0 Å². The SMILES string of the molecule is CC(C)(C)C(=O)Oc1ccc2c(c1)C(=O)CC1C2CCC2(C)C(=O)CCC12. The van der Waals surface area contributed by atoms with Gasteiger partial charge in [-0.2, -0.15) is 0 Å². The zero-order valence-electron chi connectivity index (χ0n) is 16.6. The van der Waals surface area contributed by atoms with Gasteiger partial charge in [-0.15, -0.1) is 0 Å². The van der Waals surface area contributed by atoms with Gasteiger partial charge in [0.2, 0.25) is 0 Å². The third-order valence-electron chi connectivity index (χ3n) is 7.11. The summed E-state index contributed by atoms with van der Waals surface area (Å²) in [5.41, 5.74) is 0.950. The number of hydrogen-bond donors (Lipinski definition) is 0. The summed E-state index contributed by atoms with van der Waals surface area (Å²) in [6.07, 6.45) is 3.94. The van der Waals surface area contributed by atoms with Crippen LogP contribution >= 0.6 is 0 Å². The number of benzene rings is 1. The number of hydrogen-bond acceptors (Lipinski definition) is 4. The van der Waals surface area contributed by atoms with E-state index in [0.29, 0.717) is 41.8 Å². The molecule has 1 aromatic rings. The Bertz CT molecular complexity index is 831. The van der Waals surface area contributed by atoms with Crippen LogP contribution in [0, 0.1) is 22.7 Å². The number of carbonyl (C=O) groups is 3. The summed E-state index contributed by atoms with van der Waals surface area (Å²) in [7, 11) is 0. The van der Waals surface area contributed by atoms with Crippen molar-refractivity contribution in [3.8, 4) is 5.75 Å². The first kappa shape index (κ1) is 18.4. The Hall–Kier alpha value is -1.97. The predicted molar refractivity (Wildman–Crippen MR) is 102 cm³/mol. The second-order valence-electron chi connectivity index (χ2n) is 9.81. The Labute approximate surface area is 160 Å². The first-order valence-electron chi connectivity index (χ1n) is 10.0. The molecule has 144 valence electrons. The van der Waals surface area contributed by atoms with Gasteiger partial charge in [0, 0.05) is 23.8 Å². The molecule has 2 fully saturated rings. The summed E-state index contributed by atoms with van der Waals surface area (Å²) < 4.78 is 5.49. The largest absolute Gasteiger partial charge is 0.426 e. The molecule has 0 N–H and O–H groups in total. The van der Waals surface area contributed by atoms with Crippen LogP contribution in [0.1, 0.15) is 81.6 Å². The Kier molecular flexibility index (Phi) is 4.10. The van der Waals surface area contributed by atoms with Crippen LogP contribution in [0.25, 0.3) is 0 Å². The normalized spacial score (nSPS) is 32.5. The molecular formula is C23H28O4. The molecule has 0 aromatic heterocycles. The zero-order chi connectivity index (χ0) is 19.6. The highest BCUT2D eigenvalue weighted by Gasteiger charge is 2.55. The number of rotatable bonds is 1. The maximum Gasteiger partial charge on any atom is 0.316 e. The van der Waals surface area contributed by atoms with Crippen molar-refractivity contribution in [2.24, 2.45) is 22.7 Å². The van der Waals surface area contributed by atoms with Crippen LogP contribution < -0.4 is 4.74 Å². The molecule has 0 heterocycles. The lowest BCUT2D eigenvalue weighted by atomic mass is 9.55. The van der Waals surface area contributed by atoms with Gasteiger partial charge in [-0.05, 0) is 75.5 Å². The smallest absolute Gasteiger partial charge is 0.316 e. The van der Waals surface area contributed by atoms with Crippen molar-refractivity contribution in [1.82, 2.24) is 0 Å². The molecule has 0 bridgehead atoms. The quantitative estimate of drug-likeness (QED) is 0.532. The zero-order valence-corrected chi connectivity index (χ0v) is 16.6. The lowest BCUT2D eigenvalue weighted by molar-refractivity contribution is -0.143. The molecule has 0 radical (unpaired) electrons. The van der Waals surface area contributed by atoms with E-state index in [0.717, 1.165) is 24.8 Å². The van der Waals surface area contributed by atoms with Gasteiger partial charge in [0.25, 0.3) is 0 Å². The van der Waals surface area contributed by atoms with Crippen LogP contribution in [0.5, 0.6) is 5.75 Å². The van der Waals surface area contributed by atoms with Crippen molar-refractivity contribution in [2.45, 2.75) is 65.7 Å². The summed E-state index contributed by atoms with van der Waals surface area (Å²) in [4.78, 5) is 37.5. The number of ether oxygens (including phenoxy) is 1. The minimum Gasteiger partial charge on any atom is -0.426 e. The number of ketones is 2. The Morgan fingerprint density at radius 2 is 1.93 bits per heavy atom. The average molecular weight is 368 g/mol. The third-order valence-corrected chi connectivity index (χ3v) is 7.11. The molecular weight excluding hydrogens is 340 g/mol. The third kappa shape index (κ3) is 2.84. The molecule has 0 saturated heterocycles. The van der Waals surface area contributed by atoms with Crippen molar-refractivity contribution in [3.63, 3.8) is 0 Å². The van der Waals surface area contributed by atoms with E-state index < -0.39 is 5.41 Å². The van der Waals surface area contributed by atoms with E-state index in [1.54, 1.807) is 6.07 Å². The molecule has 4 nitrogen and oxygen atoms in total. The van der Waals surface area contributed by atoms with E-state index in [1.807, 2.05) is 32.9 Å². The van der Waals surface area contributed by atoms with Crippen LogP contribution in [0.2, 0.25) is 0 Å². The molecule has 0 aliphatic heterocycles. The standard InChI is InChI=1S/C23H28O4/c1-22(2,3)21(26)27-13-5-6-14-15-9-10-23(4)18(7-8-20(23)25)16(15)12-19(24)17(14)11-13/h5-6,11,15-16,18H,7-10,12H2,1-4H3. The van der Waals surface area contributed by atoms with Crippen LogP contribution in [0.3, 0.4) is 0 Å². The van der Waals surface area contributed by atoms with Crippen molar-refractivity contribution in [1.29, 1.82) is 0 Å². The fraction of sp³-hybridized carbons (Fsp3) is 0.609. The van der Waals surface area contributed by atoms with E-state index >= 15 is 0 Å². The van der Waals surface area contributed by atoms with E-state index in [2.05, 4.69) is 6.92 Å². The molecule has 0 amide bonds. The molecule has 27 heavy (non-hydrogen) atoms. The fourth-order valence-electron chi connectivity index (χ4n) is 5.48. The molecule has 4 atom stereocenters. The number of esters is 1. The number of carbonyl (C=O) groups excluding carboxylic acids is 3. The van der Waals surface area contributed by atoms with E-state index in [-0.39, 0.29) is 23.1 Å². The van der Waals surface area contributed by atoms with E-state index in [9.17, 15) is 14.4 Å². The van der Waals surface area contributed by atoms with Gasteiger partial charge in [-0.1, -0.05) is 13.0 Å². The first-order chi connectivity index (χ1) is 12.6. The van der Waals surface area contributed by atoms with E-state index in [4.69, 9.17) is 4.74 Å². The summed E-state index contributed by atoms with van der Waals surface area (Å²) >= 11 is 0. The highest BCUT2D eigenvalue weighted by molar-refractivity contribution is 6.00. The number of fused-ring (bicyclic) bond motifs is 5. The maximum absolute atomic E-state index is 12.9. The molecule has 4 unspecified atom stereocenters. The maximum atomic E-state index is 12.9. The summed E-state index contributed by atoms with van der Waals surface area (Å²) in [5.74, 6) is 1.54. The molecule has 3 aliphatic rings. The average Bonchev–Trinajstić information content (AvgIpc) is 2.90. The van der Waals surface area contributed by atoms with Gasteiger partial charge in [-0.25, -0.2) is 0 Å². The van der Waals surface area contributed by atoms with Crippen molar-refractivity contribution in [2.75, 3.05) is 0 Å². The molecule has 0 spiro atoms. The van der Waals surface area contributed by atoms with Crippen LogP contribution in [0.4, 0.5) is 0 Å². The fourth-order valence-corrected chi connectivity index (χ4v) is 5.48. The lowest BCUT2D eigenvalue weighted by Crippen LogP contribution is -2.43. The van der Waals surface area contributed by atoms with Crippen molar-refractivity contribution < 1.29 is 19.1 Å². The van der Waals surface area contributed by atoms with Gasteiger partial charge in [0.05, 0.1) is 5.41 Å². The van der Waals surface area contributed by atoms with Gasteiger partial charge < -0.3 is 4.74 Å². The molecule has 3 aliphatic carbocycles. The first-order valence-corrected chi connectivity index (χ1v) is 10.0. The second-order valence-corrected chi connectivity index (χ2v) is 9.81. The van der Waals surface area contributed by atoms with Crippen molar-refractivity contribution >= 4 is 17.5 Å². The monoisotopic (exact) mass is 368 g/mol. The van der Waals surface area contributed by atoms with Crippen LogP contribution in [-0.2, 0) is 9.59 Å². The van der Waals surface area contributed by atoms with Crippen LogP contribution in [0.15, 0.2) is 18.2 Å². The lowest BCUT2D eigenvalue weighted by Gasteiger charge is -2.47. The molecule has 4 heteroatoms. The summed E-state index contributed by atoms with van der Waals surface area (Å²) in [6.45, 7) is 7.54. The molecule has 2 saturated carbocycles. The second kappa shape index (κ2) is 6.02. The van der Waals surface area contributed by atoms with Gasteiger partial charge >= 0.3 is 5.97 Å². The highest BCUT2D eigenvalue weighted by Crippen LogP contribution is 2.59. The molecule has 1 aromatic carbocycles. The topological polar surface area (TPSA) is 60.4 Å². The predicted octanol–water partition coefficient (Wildman–Crippen LogP) is 4.70. The summed E-state index contributed by atoms with van der Waals surface area (Å²) in [5, 5.41) is 0. The minimum absolute atomic E-state index is 0.114. The minimum atomic E-state index is -0.589. The van der Waals surface area contributed by atoms with Crippen LogP contribution in [-0.4, -0.2) is 17.5 Å². The molecule has 4 rings (SSSR count). The Balaban J connectivity index is 1.64. The van der Waals surface area contributed by atoms with Gasteiger partial charge in [0.15, 0.2) is 5.78 Å². The van der Waals surface area contributed by atoms with Gasteiger partial charge in [-0.3, -0.25) is 14.4 Å². The number of Topliss-reactive ketones (excluding diaryl/α,β-unsaturated/α-hetero) is 2.